The van der Waals surface area contributed by atoms with E-state index in [0.717, 1.165) is 23.4 Å². The van der Waals surface area contributed by atoms with Crippen molar-refractivity contribution in [3.63, 3.8) is 0 Å². The van der Waals surface area contributed by atoms with Crippen LogP contribution in [-0.2, 0) is 49.6 Å². The quantitative estimate of drug-likeness (QED) is 0.0503. The zero-order chi connectivity index (χ0) is 42.1. The predicted octanol–water partition coefficient (Wildman–Crippen LogP) is -4.70. The van der Waals surface area contributed by atoms with E-state index >= 15 is 0 Å². The number of benzene rings is 1. The molecule has 56 heavy (non-hydrogen) atoms. The minimum absolute atomic E-state index is 0.0674. The average molecular weight is 792 g/mol. The van der Waals surface area contributed by atoms with Crippen molar-refractivity contribution in [2.45, 2.75) is 76.3 Å². The predicted molar refractivity (Wildman–Crippen MR) is 195 cm³/mol. The Hall–Kier alpha value is -6.13. The molecule has 1 aromatic carbocycles. The summed E-state index contributed by atoms with van der Waals surface area (Å²) < 4.78 is 0. The van der Waals surface area contributed by atoms with E-state index in [9.17, 15) is 53.4 Å². The van der Waals surface area contributed by atoms with E-state index in [1.165, 1.54) is 0 Å². The summed E-state index contributed by atoms with van der Waals surface area (Å²) in [6.45, 7) is 1.73. The SMILES string of the molecule is CC[C@H](C)[C@H](N)C(=O)N[C@@H](Cc1c[nH]c2ccccc12)C(=O)NCC(=O)NCC(=O)NCC(=O)N[C@@H](CO)C(=O)N[C@H](C(=O)N[C@@H](CC(=O)O)C(=O)O)[C@@H](C)O. The van der Waals surface area contributed by atoms with E-state index in [0.29, 0.717) is 6.42 Å². The first kappa shape index (κ1) is 46.0. The molecular weight excluding hydrogens is 742 g/mol. The van der Waals surface area contributed by atoms with Crippen molar-refractivity contribution in [1.82, 2.24) is 42.2 Å². The number of carbonyl (C=O) groups is 9. The summed E-state index contributed by atoms with van der Waals surface area (Å²) in [5, 5.41) is 53.9. The number of aromatic amines is 1. The fourth-order valence-electron chi connectivity index (χ4n) is 5.02. The van der Waals surface area contributed by atoms with Crippen molar-refractivity contribution >= 4 is 64.2 Å². The first-order valence-corrected chi connectivity index (χ1v) is 17.4. The number of fused-ring (bicyclic) bond motifs is 1. The number of H-pyrrole nitrogens is 1. The fourth-order valence-corrected chi connectivity index (χ4v) is 5.02. The van der Waals surface area contributed by atoms with Crippen LogP contribution >= 0.6 is 0 Å². The molecule has 0 spiro atoms. The molecule has 1 aromatic heterocycles. The van der Waals surface area contributed by atoms with Crippen LogP contribution < -0.4 is 43.0 Å². The minimum atomic E-state index is -1.90. The van der Waals surface area contributed by atoms with Crippen molar-refractivity contribution in [1.29, 1.82) is 0 Å². The maximum Gasteiger partial charge on any atom is 0.326 e. The number of amides is 7. The molecule has 7 atom stereocenters. The monoisotopic (exact) mass is 791 g/mol. The van der Waals surface area contributed by atoms with E-state index in [1.54, 1.807) is 13.1 Å². The van der Waals surface area contributed by atoms with Gasteiger partial charge in [-0.25, -0.2) is 4.79 Å². The van der Waals surface area contributed by atoms with E-state index in [1.807, 2.05) is 41.8 Å². The van der Waals surface area contributed by atoms with Gasteiger partial charge in [-0.2, -0.15) is 0 Å². The van der Waals surface area contributed by atoms with Gasteiger partial charge in [0.2, 0.25) is 41.4 Å². The average Bonchev–Trinajstić information content (AvgIpc) is 3.56. The first-order chi connectivity index (χ1) is 26.4. The molecule has 0 unspecified atom stereocenters. The highest BCUT2D eigenvalue weighted by atomic mass is 16.4. The third kappa shape index (κ3) is 14.6. The van der Waals surface area contributed by atoms with Gasteiger partial charge in [0.05, 0.1) is 44.8 Å². The number of aliphatic hydroxyl groups excluding tert-OH is 2. The van der Waals surface area contributed by atoms with Crippen molar-refractivity contribution in [3.8, 4) is 0 Å². The molecule has 2 aromatic rings. The summed E-state index contributed by atoms with van der Waals surface area (Å²) in [6, 6.07) is -0.0933. The maximum absolute atomic E-state index is 13.2. The standard InChI is InChI=1S/C34H49N9O13/c1-4-16(2)28(35)32(53)41-21(9-18-11-36-20-8-6-5-7-19(18)20)30(51)39-13-25(47)37-12-24(46)38-14-26(48)40-23(15-44)31(52)43-29(17(3)45)33(54)42-22(34(55)56)10-27(49)50/h5-8,11,16-17,21-23,28-29,36,44-45H,4,9-10,12-15,35H2,1-3H3,(H,37,47)(H,38,46)(H,39,51)(H,40,48)(H,41,53)(H,42,54)(H,43,52)(H,49,50)(H,55,56)/t16-,17+,21-,22-,23-,28-,29-/m0/s1. The lowest BCUT2D eigenvalue weighted by atomic mass is 9.98. The van der Waals surface area contributed by atoms with Crippen LogP contribution in [0.1, 0.15) is 39.2 Å². The first-order valence-electron chi connectivity index (χ1n) is 17.4. The third-order valence-electron chi connectivity index (χ3n) is 8.50. The van der Waals surface area contributed by atoms with Crippen LogP contribution in [0.5, 0.6) is 0 Å². The number of para-hydroxylation sites is 1. The van der Waals surface area contributed by atoms with Gasteiger partial charge < -0.3 is 68.4 Å². The topological polar surface area (TPSA) is 361 Å². The Labute approximate surface area is 320 Å². The van der Waals surface area contributed by atoms with Crippen LogP contribution in [0, 0.1) is 5.92 Å². The van der Waals surface area contributed by atoms with Gasteiger partial charge in [0, 0.05) is 23.5 Å². The van der Waals surface area contributed by atoms with Crippen molar-refractivity contribution in [3.05, 3.63) is 36.0 Å². The van der Waals surface area contributed by atoms with Crippen molar-refractivity contribution in [2.24, 2.45) is 11.7 Å². The van der Waals surface area contributed by atoms with Gasteiger partial charge in [0.15, 0.2) is 0 Å². The summed E-state index contributed by atoms with van der Waals surface area (Å²) in [5.74, 6) is -9.79. The Bertz CT molecular complexity index is 1750. The van der Waals surface area contributed by atoms with Crippen LogP contribution in [0.2, 0.25) is 0 Å². The molecular formula is C34H49N9O13. The second-order valence-electron chi connectivity index (χ2n) is 12.8. The van der Waals surface area contributed by atoms with E-state index in [4.69, 9.17) is 15.9 Å². The third-order valence-corrected chi connectivity index (χ3v) is 8.50. The summed E-state index contributed by atoms with van der Waals surface area (Å²) in [6.07, 6.45) is -0.248. The lowest BCUT2D eigenvalue weighted by Crippen LogP contribution is -2.60. The molecule has 0 aliphatic carbocycles. The molecule has 0 radical (unpaired) electrons. The van der Waals surface area contributed by atoms with Crippen molar-refractivity contribution in [2.75, 3.05) is 26.2 Å². The number of hydrogen-bond donors (Lipinski definition) is 13. The van der Waals surface area contributed by atoms with Crippen LogP contribution in [0.3, 0.4) is 0 Å². The Morgan fingerprint density at radius 1 is 0.732 bits per heavy atom. The summed E-state index contributed by atoms with van der Waals surface area (Å²) in [7, 11) is 0. The van der Waals surface area contributed by atoms with Gasteiger partial charge >= 0.3 is 11.9 Å². The zero-order valence-electron chi connectivity index (χ0n) is 30.9. The number of nitrogens with two attached hydrogens (primary N) is 1. The number of carboxylic acids is 2. The molecule has 0 aliphatic heterocycles. The fraction of sp³-hybridized carbons (Fsp3) is 0.500. The Morgan fingerprint density at radius 2 is 1.32 bits per heavy atom. The molecule has 14 N–H and O–H groups in total. The summed E-state index contributed by atoms with van der Waals surface area (Å²) >= 11 is 0. The molecule has 1 heterocycles. The second-order valence-corrected chi connectivity index (χ2v) is 12.8. The van der Waals surface area contributed by atoms with Crippen LogP contribution in [0.25, 0.3) is 10.9 Å². The molecule has 2 rings (SSSR count). The zero-order valence-corrected chi connectivity index (χ0v) is 30.9. The van der Waals surface area contributed by atoms with Gasteiger partial charge in [-0.15, -0.1) is 0 Å². The Morgan fingerprint density at radius 3 is 1.89 bits per heavy atom. The highest BCUT2D eigenvalue weighted by Crippen LogP contribution is 2.19. The van der Waals surface area contributed by atoms with E-state index < -0.39 is 122 Å². The molecule has 22 heteroatoms. The lowest BCUT2D eigenvalue weighted by molar-refractivity contribution is -0.148. The van der Waals surface area contributed by atoms with Crippen molar-refractivity contribution < 1.29 is 63.6 Å². The van der Waals surface area contributed by atoms with E-state index in [2.05, 4.69) is 31.6 Å². The van der Waals surface area contributed by atoms with Gasteiger partial charge in [-0.1, -0.05) is 38.5 Å². The van der Waals surface area contributed by atoms with Gasteiger partial charge in [0.25, 0.3) is 0 Å². The van der Waals surface area contributed by atoms with Gasteiger partial charge in [0.1, 0.15) is 24.2 Å². The molecule has 7 amide bonds. The summed E-state index contributed by atoms with van der Waals surface area (Å²) in [5.41, 5.74) is 7.62. The minimum Gasteiger partial charge on any atom is -0.481 e. The molecule has 308 valence electrons. The highest BCUT2D eigenvalue weighted by Gasteiger charge is 2.33. The maximum atomic E-state index is 13.2. The molecule has 0 aliphatic rings. The second kappa shape index (κ2) is 22.3. The number of carbonyl (C=O) groups excluding carboxylic acids is 7. The number of aromatic nitrogens is 1. The van der Waals surface area contributed by atoms with Gasteiger partial charge in [-0.05, 0) is 24.5 Å². The number of aliphatic hydroxyl groups is 2. The largest absolute Gasteiger partial charge is 0.481 e. The van der Waals surface area contributed by atoms with Crippen LogP contribution in [0.4, 0.5) is 0 Å². The van der Waals surface area contributed by atoms with Crippen LogP contribution in [0.15, 0.2) is 30.5 Å². The highest BCUT2D eigenvalue weighted by molar-refractivity contribution is 5.96. The van der Waals surface area contributed by atoms with Gasteiger partial charge in [-0.3, -0.25) is 38.4 Å². The normalized spacial score (nSPS) is 14.7. The number of carboxylic acid groups (broad SMARTS) is 2. The Balaban J connectivity index is 1.89. The number of nitrogens with one attached hydrogen (secondary N) is 8. The number of rotatable bonds is 23. The Kier molecular flexibility index (Phi) is 18.3. The molecule has 22 nitrogen and oxygen atoms in total. The molecule has 0 saturated heterocycles. The number of aliphatic carboxylic acids is 2. The smallest absolute Gasteiger partial charge is 0.326 e. The molecule has 0 bridgehead atoms. The number of hydrogen-bond acceptors (Lipinski definition) is 12. The lowest BCUT2D eigenvalue weighted by Gasteiger charge is -2.25. The van der Waals surface area contributed by atoms with Crippen LogP contribution in [-0.4, -0.2) is 141 Å². The summed E-state index contributed by atoms with van der Waals surface area (Å²) in [4.78, 5) is 114. The molecule has 0 fully saturated rings. The molecule has 0 saturated carbocycles. The van der Waals surface area contributed by atoms with E-state index in [-0.39, 0.29) is 12.3 Å².